The fraction of sp³-hybridized carbons (Fsp3) is 0.556. The smallest absolute Gasteiger partial charge is 0.235 e. The molecule has 1 aromatic rings. The minimum Gasteiger partial charge on any atom is -0.384 e. The Labute approximate surface area is 95.1 Å². The van der Waals surface area contributed by atoms with Gasteiger partial charge < -0.3 is 4.74 Å². The molecule has 90 valence electrons. The van der Waals surface area contributed by atoms with E-state index in [0.29, 0.717) is 11.5 Å². The molecule has 0 spiro atoms. The van der Waals surface area contributed by atoms with Gasteiger partial charge in [-0.3, -0.25) is 4.72 Å². The Morgan fingerprint density at radius 2 is 2.00 bits per heavy atom. The van der Waals surface area contributed by atoms with E-state index in [0.717, 1.165) is 6.42 Å². The number of anilines is 1. The van der Waals surface area contributed by atoms with Gasteiger partial charge in [-0.1, -0.05) is 6.92 Å². The Balaban J connectivity index is 2.65. The molecule has 1 aromatic heterocycles. The quantitative estimate of drug-likeness (QED) is 0.786. The highest BCUT2D eigenvalue weighted by Crippen LogP contribution is 2.06. The van der Waals surface area contributed by atoms with Crippen molar-refractivity contribution >= 4 is 15.7 Å². The highest BCUT2D eigenvalue weighted by atomic mass is 32.2. The average Bonchev–Trinajstić information content (AvgIpc) is 2.27. The maximum absolute atomic E-state index is 11.5. The zero-order chi connectivity index (χ0) is 12.0. The molecule has 16 heavy (non-hydrogen) atoms. The molecule has 6 nitrogen and oxygen atoms in total. The number of rotatable bonds is 6. The van der Waals surface area contributed by atoms with Gasteiger partial charge in [-0.05, 0) is 0 Å². The molecule has 1 rings (SSSR count). The van der Waals surface area contributed by atoms with Gasteiger partial charge >= 0.3 is 0 Å². The third-order valence-corrected chi connectivity index (χ3v) is 3.10. The molecule has 0 aromatic carbocycles. The van der Waals surface area contributed by atoms with E-state index in [4.69, 9.17) is 4.74 Å². The van der Waals surface area contributed by atoms with Crippen LogP contribution in [0.2, 0.25) is 0 Å². The maximum Gasteiger partial charge on any atom is 0.235 e. The Morgan fingerprint density at radius 3 is 2.50 bits per heavy atom. The van der Waals surface area contributed by atoms with Crippen LogP contribution in [0.4, 0.5) is 5.69 Å². The standard InChI is InChI=1S/C9H15N3O3S/c1-3-9-10-6-8(7-11-9)12-16(13,14)5-4-15-2/h6-7,12H,3-5H2,1-2H3. The van der Waals surface area contributed by atoms with Crippen molar-refractivity contribution < 1.29 is 13.2 Å². The van der Waals surface area contributed by atoms with Gasteiger partial charge in [0.15, 0.2) is 0 Å². The molecule has 1 heterocycles. The second-order valence-corrected chi connectivity index (χ2v) is 5.00. The van der Waals surface area contributed by atoms with Crippen LogP contribution in [-0.4, -0.2) is 37.9 Å². The minimum atomic E-state index is -3.37. The van der Waals surface area contributed by atoms with Crippen LogP contribution in [0, 0.1) is 0 Å². The highest BCUT2D eigenvalue weighted by Gasteiger charge is 2.10. The molecule has 7 heteroatoms. The van der Waals surface area contributed by atoms with E-state index in [9.17, 15) is 8.42 Å². The predicted molar refractivity (Wildman–Crippen MR) is 60.7 cm³/mol. The SMILES string of the molecule is CCc1ncc(NS(=O)(=O)CCOC)cn1. The summed E-state index contributed by atoms with van der Waals surface area (Å²) in [4.78, 5) is 7.98. The van der Waals surface area contributed by atoms with Crippen LogP contribution in [-0.2, 0) is 21.2 Å². The normalized spacial score (nSPS) is 11.4. The van der Waals surface area contributed by atoms with Crippen molar-refractivity contribution in [2.45, 2.75) is 13.3 Å². The number of aryl methyl sites for hydroxylation is 1. The molecule has 0 radical (unpaired) electrons. The van der Waals surface area contributed by atoms with Gasteiger partial charge in [-0.2, -0.15) is 0 Å². The summed E-state index contributed by atoms with van der Waals surface area (Å²) in [6, 6.07) is 0. The molecule has 0 unspecified atom stereocenters. The number of methoxy groups -OCH3 is 1. The minimum absolute atomic E-state index is 0.0843. The molecule has 0 saturated carbocycles. The summed E-state index contributed by atoms with van der Waals surface area (Å²) in [7, 11) is -1.92. The first-order valence-corrected chi connectivity index (χ1v) is 6.53. The number of ether oxygens (including phenoxy) is 1. The van der Waals surface area contributed by atoms with Crippen molar-refractivity contribution in [1.29, 1.82) is 0 Å². The number of nitrogens with zero attached hydrogens (tertiary/aromatic N) is 2. The second-order valence-electron chi connectivity index (χ2n) is 3.16. The lowest BCUT2D eigenvalue weighted by Crippen LogP contribution is -2.20. The third-order valence-electron chi connectivity index (χ3n) is 1.85. The molecule has 0 aliphatic carbocycles. The molecule has 0 atom stereocenters. The van der Waals surface area contributed by atoms with E-state index in [2.05, 4.69) is 14.7 Å². The number of hydrogen-bond donors (Lipinski definition) is 1. The Bertz CT molecular complexity index is 416. The fourth-order valence-corrected chi connectivity index (χ4v) is 1.97. The van der Waals surface area contributed by atoms with Crippen LogP contribution in [0.15, 0.2) is 12.4 Å². The van der Waals surface area contributed by atoms with Gasteiger partial charge in [0, 0.05) is 13.5 Å². The lowest BCUT2D eigenvalue weighted by atomic mass is 10.4. The molecule has 0 bridgehead atoms. The van der Waals surface area contributed by atoms with Gasteiger partial charge in [0.2, 0.25) is 10.0 Å². The van der Waals surface area contributed by atoms with Gasteiger partial charge in [0.1, 0.15) is 5.82 Å². The van der Waals surface area contributed by atoms with Crippen LogP contribution in [0.25, 0.3) is 0 Å². The lowest BCUT2D eigenvalue weighted by Gasteiger charge is -2.06. The van der Waals surface area contributed by atoms with Crippen LogP contribution in [0.1, 0.15) is 12.7 Å². The number of sulfonamides is 1. The molecule has 1 N–H and O–H groups in total. The van der Waals surface area contributed by atoms with Gasteiger partial charge in [0.05, 0.1) is 30.4 Å². The largest absolute Gasteiger partial charge is 0.384 e. The summed E-state index contributed by atoms with van der Waals surface area (Å²) >= 11 is 0. The molecular formula is C9H15N3O3S. The second kappa shape index (κ2) is 5.76. The number of hydrogen-bond acceptors (Lipinski definition) is 5. The molecular weight excluding hydrogens is 230 g/mol. The van der Waals surface area contributed by atoms with E-state index in [1.165, 1.54) is 19.5 Å². The number of aromatic nitrogens is 2. The average molecular weight is 245 g/mol. The maximum atomic E-state index is 11.5. The van der Waals surface area contributed by atoms with Crippen molar-refractivity contribution in [3.63, 3.8) is 0 Å². The van der Waals surface area contributed by atoms with E-state index < -0.39 is 10.0 Å². The van der Waals surface area contributed by atoms with E-state index in [1.807, 2.05) is 6.92 Å². The third kappa shape index (κ3) is 4.11. The van der Waals surface area contributed by atoms with Crippen LogP contribution in [0.5, 0.6) is 0 Å². The van der Waals surface area contributed by atoms with E-state index >= 15 is 0 Å². The van der Waals surface area contributed by atoms with Crippen molar-refractivity contribution in [3.05, 3.63) is 18.2 Å². The fourth-order valence-electron chi connectivity index (χ4n) is 1.01. The first-order chi connectivity index (χ1) is 7.57. The van der Waals surface area contributed by atoms with Crippen molar-refractivity contribution in [1.82, 2.24) is 9.97 Å². The topological polar surface area (TPSA) is 81.2 Å². The molecule has 0 aliphatic heterocycles. The molecule has 0 amide bonds. The Kier molecular flexibility index (Phi) is 4.63. The summed E-state index contributed by atoms with van der Waals surface area (Å²) in [5.41, 5.74) is 0.369. The zero-order valence-corrected chi connectivity index (χ0v) is 10.1. The van der Waals surface area contributed by atoms with Crippen molar-refractivity contribution in [2.24, 2.45) is 0 Å². The summed E-state index contributed by atoms with van der Waals surface area (Å²) in [6.45, 7) is 2.08. The first-order valence-electron chi connectivity index (χ1n) is 4.87. The van der Waals surface area contributed by atoms with E-state index in [1.54, 1.807) is 0 Å². The molecule has 0 saturated heterocycles. The Hall–Kier alpha value is -1.21. The predicted octanol–water partition coefficient (Wildman–Crippen LogP) is 0.427. The van der Waals surface area contributed by atoms with Crippen molar-refractivity contribution in [3.8, 4) is 0 Å². The van der Waals surface area contributed by atoms with E-state index in [-0.39, 0.29) is 12.4 Å². The summed E-state index contributed by atoms with van der Waals surface area (Å²) in [5, 5.41) is 0. The Morgan fingerprint density at radius 1 is 1.38 bits per heavy atom. The summed E-state index contributed by atoms with van der Waals surface area (Å²) < 4.78 is 30.0. The molecule has 0 aliphatic rings. The van der Waals surface area contributed by atoms with Gasteiger partial charge in [-0.15, -0.1) is 0 Å². The first kappa shape index (κ1) is 12.9. The van der Waals surface area contributed by atoms with Crippen LogP contribution in [0.3, 0.4) is 0 Å². The van der Waals surface area contributed by atoms with Crippen molar-refractivity contribution in [2.75, 3.05) is 24.2 Å². The highest BCUT2D eigenvalue weighted by molar-refractivity contribution is 7.92. The van der Waals surface area contributed by atoms with Gasteiger partial charge in [0.25, 0.3) is 0 Å². The summed E-state index contributed by atoms with van der Waals surface area (Å²) in [6.07, 6.45) is 3.63. The monoisotopic (exact) mass is 245 g/mol. The molecule has 0 fully saturated rings. The van der Waals surface area contributed by atoms with Crippen LogP contribution < -0.4 is 4.72 Å². The zero-order valence-electron chi connectivity index (χ0n) is 9.30. The summed E-state index contributed by atoms with van der Waals surface area (Å²) in [5.74, 6) is 0.596. The van der Waals surface area contributed by atoms with Crippen LogP contribution >= 0.6 is 0 Å². The van der Waals surface area contributed by atoms with Gasteiger partial charge in [-0.25, -0.2) is 18.4 Å². The number of nitrogens with one attached hydrogen (secondary N) is 1. The lowest BCUT2D eigenvalue weighted by molar-refractivity contribution is 0.217.